The Labute approximate surface area is 121 Å². The molecule has 0 saturated carbocycles. The number of amides is 2. The first kappa shape index (κ1) is 13.3. The lowest BCUT2D eigenvalue weighted by Gasteiger charge is -2.34. The highest BCUT2D eigenvalue weighted by Crippen LogP contribution is 2.32. The van der Waals surface area contributed by atoms with Crippen molar-refractivity contribution in [2.24, 2.45) is 0 Å². The van der Waals surface area contributed by atoms with Crippen molar-refractivity contribution in [1.29, 1.82) is 0 Å². The smallest absolute Gasteiger partial charge is 0.259 e. The van der Waals surface area contributed by atoms with Crippen LogP contribution in [0.15, 0.2) is 48.5 Å². The molecule has 0 unspecified atom stereocenters. The summed E-state index contributed by atoms with van der Waals surface area (Å²) in [6.45, 7) is 1.66. The van der Waals surface area contributed by atoms with Crippen LogP contribution in [-0.2, 0) is 4.79 Å². The lowest BCUT2D eigenvalue weighted by molar-refractivity contribution is -0.117. The predicted molar refractivity (Wildman–Crippen MR) is 77.7 cm³/mol. The number of carbonyl (C=O) groups is 2. The van der Waals surface area contributed by atoms with Crippen molar-refractivity contribution in [2.75, 3.05) is 10.2 Å². The normalized spacial score (nSPS) is 17.1. The van der Waals surface area contributed by atoms with Gasteiger partial charge in [-0.15, -0.1) is 0 Å². The summed E-state index contributed by atoms with van der Waals surface area (Å²) in [5.41, 5.74) is 1.57. The zero-order valence-electron chi connectivity index (χ0n) is 11.3. The lowest BCUT2D eigenvalue weighted by atomic mass is 10.1. The summed E-state index contributed by atoms with van der Waals surface area (Å²) in [4.78, 5) is 26.1. The number of rotatable bonds is 1. The van der Waals surface area contributed by atoms with Crippen molar-refractivity contribution >= 4 is 23.2 Å². The second kappa shape index (κ2) is 5.01. The summed E-state index contributed by atoms with van der Waals surface area (Å²) < 4.78 is 13.0. The minimum Gasteiger partial charge on any atom is -0.322 e. The Bertz CT molecular complexity index is 712. The van der Waals surface area contributed by atoms with Gasteiger partial charge in [0.05, 0.1) is 11.4 Å². The molecule has 2 aromatic rings. The average molecular weight is 284 g/mol. The van der Waals surface area contributed by atoms with E-state index in [0.717, 1.165) is 0 Å². The molecule has 0 spiro atoms. The van der Waals surface area contributed by atoms with Gasteiger partial charge >= 0.3 is 0 Å². The Morgan fingerprint density at radius 1 is 1.14 bits per heavy atom. The van der Waals surface area contributed by atoms with Gasteiger partial charge in [0.1, 0.15) is 11.9 Å². The number of para-hydroxylation sites is 2. The van der Waals surface area contributed by atoms with Gasteiger partial charge in [0.15, 0.2) is 0 Å². The molecule has 21 heavy (non-hydrogen) atoms. The number of halogens is 1. The minimum absolute atomic E-state index is 0.246. The molecule has 1 heterocycles. The van der Waals surface area contributed by atoms with E-state index in [1.807, 2.05) is 0 Å². The van der Waals surface area contributed by atoms with Crippen molar-refractivity contribution in [3.05, 3.63) is 59.9 Å². The molecule has 0 radical (unpaired) electrons. The van der Waals surface area contributed by atoms with Gasteiger partial charge in [-0.1, -0.05) is 12.1 Å². The maximum absolute atomic E-state index is 13.0. The topological polar surface area (TPSA) is 49.4 Å². The van der Waals surface area contributed by atoms with Crippen LogP contribution in [0.2, 0.25) is 0 Å². The Morgan fingerprint density at radius 2 is 1.81 bits per heavy atom. The third-order valence-electron chi connectivity index (χ3n) is 3.50. The lowest BCUT2D eigenvalue weighted by Crippen LogP contribution is -2.49. The van der Waals surface area contributed by atoms with Gasteiger partial charge in [-0.05, 0) is 43.3 Å². The van der Waals surface area contributed by atoms with E-state index < -0.39 is 11.9 Å². The standard InChI is InChI=1S/C16H13FN2O2/c1-10-15(20)18-13-4-2-3-5-14(13)19(10)16(21)11-6-8-12(17)9-7-11/h2-10H,1H3,(H,18,20)/t10-/m0/s1. The van der Waals surface area contributed by atoms with Gasteiger partial charge < -0.3 is 5.32 Å². The van der Waals surface area contributed by atoms with Crippen LogP contribution in [0, 0.1) is 5.82 Å². The number of benzene rings is 2. The van der Waals surface area contributed by atoms with Gasteiger partial charge in [0.2, 0.25) is 5.91 Å². The first-order valence-corrected chi connectivity index (χ1v) is 6.57. The van der Waals surface area contributed by atoms with Crippen molar-refractivity contribution in [2.45, 2.75) is 13.0 Å². The second-order valence-corrected chi connectivity index (χ2v) is 4.86. The predicted octanol–water partition coefficient (Wildman–Crippen LogP) is 2.81. The molecule has 4 nitrogen and oxygen atoms in total. The molecule has 0 aliphatic carbocycles. The first-order valence-electron chi connectivity index (χ1n) is 6.57. The van der Waals surface area contributed by atoms with E-state index in [1.54, 1.807) is 31.2 Å². The van der Waals surface area contributed by atoms with E-state index >= 15 is 0 Å². The number of fused-ring (bicyclic) bond motifs is 1. The monoisotopic (exact) mass is 284 g/mol. The molecule has 5 heteroatoms. The molecule has 1 aliphatic rings. The fourth-order valence-electron chi connectivity index (χ4n) is 2.37. The maximum atomic E-state index is 13.0. The molecule has 3 rings (SSSR count). The Morgan fingerprint density at radius 3 is 2.52 bits per heavy atom. The molecule has 0 saturated heterocycles. The molecule has 106 valence electrons. The summed E-state index contributed by atoms with van der Waals surface area (Å²) in [6.07, 6.45) is 0. The summed E-state index contributed by atoms with van der Waals surface area (Å²) >= 11 is 0. The number of hydrogen-bond acceptors (Lipinski definition) is 2. The number of anilines is 2. The minimum atomic E-state index is -0.627. The van der Waals surface area contributed by atoms with Gasteiger partial charge in [-0.25, -0.2) is 4.39 Å². The molecular formula is C16H13FN2O2. The molecular weight excluding hydrogens is 271 g/mol. The second-order valence-electron chi connectivity index (χ2n) is 4.86. The highest BCUT2D eigenvalue weighted by Gasteiger charge is 2.33. The van der Waals surface area contributed by atoms with Crippen LogP contribution < -0.4 is 10.2 Å². The molecule has 0 bridgehead atoms. The molecule has 1 aliphatic heterocycles. The highest BCUT2D eigenvalue weighted by molar-refractivity contribution is 6.16. The van der Waals surface area contributed by atoms with E-state index in [9.17, 15) is 14.0 Å². The van der Waals surface area contributed by atoms with E-state index in [4.69, 9.17) is 0 Å². The van der Waals surface area contributed by atoms with Crippen LogP contribution in [0.25, 0.3) is 0 Å². The van der Waals surface area contributed by atoms with Crippen LogP contribution in [0.3, 0.4) is 0 Å². The van der Waals surface area contributed by atoms with Gasteiger partial charge in [0, 0.05) is 5.56 Å². The molecule has 2 amide bonds. The van der Waals surface area contributed by atoms with Crippen LogP contribution in [-0.4, -0.2) is 17.9 Å². The summed E-state index contributed by atoms with van der Waals surface area (Å²) in [6, 6.07) is 11.8. The molecule has 1 N–H and O–H groups in total. The largest absolute Gasteiger partial charge is 0.322 e. The van der Waals surface area contributed by atoms with Gasteiger partial charge in [-0.3, -0.25) is 14.5 Å². The van der Waals surface area contributed by atoms with Crippen LogP contribution in [0.4, 0.5) is 15.8 Å². The molecule has 1 atom stereocenters. The van der Waals surface area contributed by atoms with Gasteiger partial charge in [-0.2, -0.15) is 0 Å². The summed E-state index contributed by atoms with van der Waals surface area (Å²) in [7, 11) is 0. The highest BCUT2D eigenvalue weighted by atomic mass is 19.1. The number of nitrogens with one attached hydrogen (secondary N) is 1. The third kappa shape index (κ3) is 2.27. The summed E-state index contributed by atoms with van der Waals surface area (Å²) in [5, 5.41) is 2.76. The van der Waals surface area contributed by atoms with Gasteiger partial charge in [0.25, 0.3) is 5.91 Å². The van der Waals surface area contributed by atoms with Crippen LogP contribution in [0.5, 0.6) is 0 Å². The maximum Gasteiger partial charge on any atom is 0.259 e. The third-order valence-corrected chi connectivity index (χ3v) is 3.50. The molecule has 2 aromatic carbocycles. The Balaban J connectivity index is 2.05. The van der Waals surface area contributed by atoms with E-state index in [2.05, 4.69) is 5.32 Å². The van der Waals surface area contributed by atoms with Crippen LogP contribution in [0.1, 0.15) is 17.3 Å². The van der Waals surface area contributed by atoms with Crippen LogP contribution >= 0.6 is 0 Å². The van der Waals surface area contributed by atoms with E-state index in [0.29, 0.717) is 16.9 Å². The Kier molecular flexibility index (Phi) is 3.17. The number of nitrogens with zero attached hydrogens (tertiary/aromatic N) is 1. The van der Waals surface area contributed by atoms with E-state index in [1.165, 1.54) is 29.2 Å². The van der Waals surface area contributed by atoms with Crippen molar-refractivity contribution in [1.82, 2.24) is 0 Å². The fraction of sp³-hybridized carbons (Fsp3) is 0.125. The average Bonchev–Trinajstić information content (AvgIpc) is 2.49. The summed E-state index contributed by atoms with van der Waals surface area (Å²) in [5.74, 6) is -0.981. The number of hydrogen-bond donors (Lipinski definition) is 1. The molecule has 0 aromatic heterocycles. The van der Waals surface area contributed by atoms with Crippen molar-refractivity contribution in [3.63, 3.8) is 0 Å². The quantitative estimate of drug-likeness (QED) is 0.875. The SMILES string of the molecule is C[C@H]1C(=O)Nc2ccccc2N1C(=O)c1ccc(F)cc1. The first-order chi connectivity index (χ1) is 10.1. The van der Waals surface area contributed by atoms with Crippen molar-refractivity contribution < 1.29 is 14.0 Å². The molecule has 0 fully saturated rings. The Hall–Kier alpha value is -2.69. The zero-order valence-corrected chi connectivity index (χ0v) is 11.3. The fourth-order valence-corrected chi connectivity index (χ4v) is 2.37. The number of carbonyl (C=O) groups excluding carboxylic acids is 2. The van der Waals surface area contributed by atoms with Crippen molar-refractivity contribution in [3.8, 4) is 0 Å². The zero-order chi connectivity index (χ0) is 15.0. The van der Waals surface area contributed by atoms with E-state index in [-0.39, 0.29) is 11.8 Å².